The quantitative estimate of drug-likeness (QED) is 0.290. The highest BCUT2D eigenvalue weighted by atomic mass is 35.5. The second-order valence-corrected chi connectivity index (χ2v) is 7.40. The first-order chi connectivity index (χ1) is 12.0. The smallest absolute Gasteiger partial charge is 0.422 e. The largest absolute Gasteiger partial charge is 0.473 e. The summed E-state index contributed by atoms with van der Waals surface area (Å²) < 4.78 is 9.83. The van der Waals surface area contributed by atoms with Crippen molar-refractivity contribution in [2.45, 2.75) is 33.6 Å². The summed E-state index contributed by atoms with van der Waals surface area (Å²) in [7, 11) is 0. The summed E-state index contributed by atoms with van der Waals surface area (Å²) in [5.41, 5.74) is -0.393. The SMILES string of the molecule is CC(C)CC(C)CCOC(=O)c1c(Cl)c(Cl)cc(Cl)c1OC(=O)C(=O)O. The lowest BCUT2D eigenvalue weighted by Crippen LogP contribution is -2.21. The predicted molar refractivity (Wildman–Crippen MR) is 98.3 cm³/mol. The number of carboxylic acid groups (broad SMARTS) is 1. The molecule has 6 nitrogen and oxygen atoms in total. The Morgan fingerprint density at radius 2 is 1.73 bits per heavy atom. The van der Waals surface area contributed by atoms with E-state index in [4.69, 9.17) is 44.6 Å². The maximum absolute atomic E-state index is 12.4. The molecule has 0 spiro atoms. The fraction of sp³-hybridized carbons (Fsp3) is 0.471. The van der Waals surface area contributed by atoms with Gasteiger partial charge in [-0.1, -0.05) is 55.6 Å². The van der Waals surface area contributed by atoms with Crippen molar-refractivity contribution in [2.75, 3.05) is 6.61 Å². The molecule has 0 aliphatic carbocycles. The molecule has 1 atom stereocenters. The van der Waals surface area contributed by atoms with Gasteiger partial charge in [0.2, 0.25) is 0 Å². The number of esters is 2. The maximum atomic E-state index is 12.4. The van der Waals surface area contributed by atoms with Crippen LogP contribution in [-0.2, 0) is 14.3 Å². The minimum Gasteiger partial charge on any atom is -0.473 e. The van der Waals surface area contributed by atoms with E-state index in [-0.39, 0.29) is 21.7 Å². The van der Waals surface area contributed by atoms with Crippen molar-refractivity contribution >= 4 is 52.7 Å². The highest BCUT2D eigenvalue weighted by Gasteiger charge is 2.27. The summed E-state index contributed by atoms with van der Waals surface area (Å²) >= 11 is 17.8. The second-order valence-electron chi connectivity index (χ2n) is 6.21. The van der Waals surface area contributed by atoms with Crippen molar-refractivity contribution in [3.05, 3.63) is 26.7 Å². The van der Waals surface area contributed by atoms with Crippen molar-refractivity contribution in [3.63, 3.8) is 0 Å². The first kappa shape index (κ1) is 22.5. The van der Waals surface area contributed by atoms with E-state index >= 15 is 0 Å². The van der Waals surface area contributed by atoms with Crippen molar-refractivity contribution < 1.29 is 29.0 Å². The molecule has 26 heavy (non-hydrogen) atoms. The molecule has 0 saturated heterocycles. The van der Waals surface area contributed by atoms with Crippen LogP contribution in [0.15, 0.2) is 6.07 Å². The van der Waals surface area contributed by atoms with Crippen molar-refractivity contribution in [1.29, 1.82) is 0 Å². The molecular formula is C17H19Cl3O6. The topological polar surface area (TPSA) is 89.9 Å². The summed E-state index contributed by atoms with van der Waals surface area (Å²) in [6.45, 7) is 6.34. The van der Waals surface area contributed by atoms with Gasteiger partial charge in [-0.15, -0.1) is 0 Å². The van der Waals surface area contributed by atoms with E-state index in [9.17, 15) is 14.4 Å². The van der Waals surface area contributed by atoms with Crippen LogP contribution in [-0.4, -0.2) is 29.6 Å². The number of benzene rings is 1. The lowest BCUT2D eigenvalue weighted by molar-refractivity contribution is -0.158. The molecule has 0 aromatic heterocycles. The van der Waals surface area contributed by atoms with Crippen molar-refractivity contribution in [3.8, 4) is 5.75 Å². The number of carbonyl (C=O) groups excluding carboxylic acids is 2. The molecule has 0 heterocycles. The van der Waals surface area contributed by atoms with E-state index in [0.717, 1.165) is 12.5 Å². The van der Waals surface area contributed by atoms with Gasteiger partial charge in [0, 0.05) is 0 Å². The van der Waals surface area contributed by atoms with Gasteiger partial charge in [-0.3, -0.25) is 0 Å². The van der Waals surface area contributed by atoms with E-state index in [1.54, 1.807) is 0 Å². The first-order valence-electron chi connectivity index (χ1n) is 7.84. The molecule has 0 aliphatic rings. The molecule has 1 unspecified atom stereocenters. The Hall–Kier alpha value is -1.50. The molecule has 1 aromatic rings. The number of halogens is 3. The van der Waals surface area contributed by atoms with Crippen LogP contribution in [0.25, 0.3) is 0 Å². The Bertz CT molecular complexity index is 702. The van der Waals surface area contributed by atoms with Gasteiger partial charge >= 0.3 is 17.9 Å². The summed E-state index contributed by atoms with van der Waals surface area (Å²) in [6, 6.07) is 1.14. The number of carboxylic acids is 1. The highest BCUT2D eigenvalue weighted by molar-refractivity contribution is 6.46. The van der Waals surface area contributed by atoms with Crippen LogP contribution in [0.3, 0.4) is 0 Å². The molecular weight excluding hydrogens is 407 g/mol. The number of hydrogen-bond acceptors (Lipinski definition) is 5. The van der Waals surface area contributed by atoms with Gasteiger partial charge in [0.1, 0.15) is 5.56 Å². The van der Waals surface area contributed by atoms with Crippen LogP contribution < -0.4 is 4.74 Å². The number of aliphatic carboxylic acids is 1. The Kier molecular flexibility index (Phi) is 8.67. The zero-order valence-electron chi connectivity index (χ0n) is 14.5. The normalized spacial score (nSPS) is 12.0. The van der Waals surface area contributed by atoms with Crippen LogP contribution in [0, 0.1) is 11.8 Å². The van der Waals surface area contributed by atoms with E-state index in [1.165, 1.54) is 0 Å². The highest BCUT2D eigenvalue weighted by Crippen LogP contribution is 2.39. The fourth-order valence-electron chi connectivity index (χ4n) is 2.34. The first-order valence-corrected chi connectivity index (χ1v) is 8.97. The Morgan fingerprint density at radius 1 is 1.12 bits per heavy atom. The van der Waals surface area contributed by atoms with Gasteiger partial charge in [-0.05, 0) is 30.7 Å². The van der Waals surface area contributed by atoms with Crippen LogP contribution in [0.5, 0.6) is 5.75 Å². The van der Waals surface area contributed by atoms with Gasteiger partial charge in [0.25, 0.3) is 0 Å². The minimum absolute atomic E-state index is 0.0630. The molecule has 0 saturated carbocycles. The van der Waals surface area contributed by atoms with Gasteiger partial charge in [-0.2, -0.15) is 0 Å². The van der Waals surface area contributed by atoms with E-state index in [1.807, 2.05) is 6.92 Å². The van der Waals surface area contributed by atoms with E-state index < -0.39 is 29.2 Å². The molecule has 1 N–H and O–H groups in total. The van der Waals surface area contributed by atoms with Crippen molar-refractivity contribution in [1.82, 2.24) is 0 Å². The molecule has 0 amide bonds. The third-order valence-electron chi connectivity index (χ3n) is 3.42. The Balaban J connectivity index is 3.00. The number of rotatable bonds is 7. The molecule has 0 aliphatic heterocycles. The van der Waals surface area contributed by atoms with Gasteiger partial charge < -0.3 is 14.6 Å². The number of carbonyl (C=O) groups is 3. The maximum Gasteiger partial charge on any atom is 0.422 e. The lowest BCUT2D eigenvalue weighted by Gasteiger charge is -2.15. The van der Waals surface area contributed by atoms with Crippen molar-refractivity contribution in [2.24, 2.45) is 11.8 Å². The van der Waals surface area contributed by atoms with Crippen LogP contribution >= 0.6 is 34.8 Å². The Labute approximate surface area is 166 Å². The number of ether oxygens (including phenoxy) is 2. The van der Waals surface area contributed by atoms with Gasteiger partial charge in [-0.25, -0.2) is 14.4 Å². The zero-order valence-corrected chi connectivity index (χ0v) is 16.7. The number of hydrogen-bond donors (Lipinski definition) is 1. The van der Waals surface area contributed by atoms with Crippen LogP contribution in [0.2, 0.25) is 15.1 Å². The third kappa shape index (κ3) is 6.34. The van der Waals surface area contributed by atoms with Gasteiger partial charge in [0.05, 0.1) is 21.7 Å². The second kappa shape index (κ2) is 10.00. The van der Waals surface area contributed by atoms with Crippen LogP contribution in [0.4, 0.5) is 0 Å². The minimum atomic E-state index is -1.85. The van der Waals surface area contributed by atoms with Crippen LogP contribution in [0.1, 0.15) is 44.0 Å². The van der Waals surface area contributed by atoms with E-state index in [0.29, 0.717) is 18.3 Å². The monoisotopic (exact) mass is 424 g/mol. The average molecular weight is 426 g/mol. The molecule has 0 bridgehead atoms. The predicted octanol–water partition coefficient (Wildman–Crippen LogP) is 4.87. The fourth-order valence-corrected chi connectivity index (χ4v) is 3.06. The zero-order chi connectivity index (χ0) is 20.0. The lowest BCUT2D eigenvalue weighted by atomic mass is 9.96. The summed E-state index contributed by atoms with van der Waals surface area (Å²) in [5.74, 6) is -4.04. The van der Waals surface area contributed by atoms with E-state index in [2.05, 4.69) is 18.6 Å². The average Bonchev–Trinajstić information content (AvgIpc) is 2.51. The third-order valence-corrected chi connectivity index (χ3v) is 4.49. The summed E-state index contributed by atoms with van der Waals surface area (Å²) in [4.78, 5) is 34.4. The molecule has 144 valence electrons. The standard InChI is InChI=1S/C17H19Cl3O6/c1-8(2)6-9(3)4-5-25-16(23)12-13(20)10(18)7-11(19)14(12)26-17(24)15(21)22/h7-9H,4-6H2,1-3H3,(H,21,22). The van der Waals surface area contributed by atoms with Gasteiger partial charge in [0.15, 0.2) is 5.75 Å². The molecule has 1 rings (SSSR count). The molecule has 9 heteroatoms. The Morgan fingerprint density at radius 3 is 2.27 bits per heavy atom. The molecule has 0 radical (unpaired) electrons. The summed E-state index contributed by atoms with van der Waals surface area (Å²) in [6.07, 6.45) is 1.60. The molecule has 0 fully saturated rings. The molecule has 1 aromatic carbocycles. The summed E-state index contributed by atoms with van der Waals surface area (Å²) in [5, 5.41) is 8.12.